The monoisotopic (exact) mass is 152 g/mol. The summed E-state index contributed by atoms with van der Waals surface area (Å²) in [6.07, 6.45) is 2.67. The molecule has 60 valence electrons. The number of methoxy groups -OCH3 is 1. The predicted molar refractivity (Wildman–Crippen MR) is 42.7 cm³/mol. The molecule has 0 saturated carbocycles. The molecule has 0 amide bonds. The lowest BCUT2D eigenvalue weighted by Gasteiger charge is -2.02. The second-order valence-electron chi connectivity index (χ2n) is 2.31. The molecule has 0 bridgehead atoms. The lowest BCUT2D eigenvalue weighted by atomic mass is 10.3. The summed E-state index contributed by atoms with van der Waals surface area (Å²) < 4.78 is 5.01. The number of nitrogens with zero attached hydrogens (tertiary/aromatic N) is 2. The highest BCUT2D eigenvalue weighted by atomic mass is 16.5. The van der Waals surface area contributed by atoms with Crippen molar-refractivity contribution < 1.29 is 4.74 Å². The van der Waals surface area contributed by atoms with Crippen molar-refractivity contribution in [2.24, 2.45) is 0 Å². The Bertz CT molecular complexity index is 248. The number of hydrogen-bond acceptors (Lipinski definition) is 3. The van der Waals surface area contributed by atoms with Crippen LogP contribution in [0.4, 0.5) is 0 Å². The van der Waals surface area contributed by atoms with E-state index in [9.17, 15) is 0 Å². The molecule has 0 saturated heterocycles. The summed E-state index contributed by atoms with van der Waals surface area (Å²) >= 11 is 0. The zero-order chi connectivity index (χ0) is 8.27. The summed E-state index contributed by atoms with van der Waals surface area (Å²) in [6.45, 7) is 3.92. The summed E-state index contributed by atoms with van der Waals surface area (Å²) in [7, 11) is 1.61. The van der Waals surface area contributed by atoms with Crippen LogP contribution in [0.15, 0.2) is 6.20 Å². The average molecular weight is 152 g/mol. The van der Waals surface area contributed by atoms with Crippen molar-refractivity contribution >= 4 is 0 Å². The minimum atomic E-state index is 0.629. The van der Waals surface area contributed by atoms with Gasteiger partial charge in [0, 0.05) is 6.20 Å². The van der Waals surface area contributed by atoms with Gasteiger partial charge in [0.15, 0.2) is 0 Å². The van der Waals surface area contributed by atoms with Crippen LogP contribution in [0.2, 0.25) is 0 Å². The topological polar surface area (TPSA) is 35.0 Å². The van der Waals surface area contributed by atoms with Crippen molar-refractivity contribution in [2.75, 3.05) is 7.11 Å². The predicted octanol–water partition coefficient (Wildman–Crippen LogP) is 1.36. The highest BCUT2D eigenvalue weighted by Gasteiger charge is 2.00. The molecule has 0 aromatic carbocycles. The molecule has 11 heavy (non-hydrogen) atoms. The lowest BCUT2D eigenvalue weighted by Crippen LogP contribution is -1.97. The van der Waals surface area contributed by atoms with E-state index in [0.29, 0.717) is 5.88 Å². The summed E-state index contributed by atoms with van der Waals surface area (Å²) in [6, 6.07) is 0. The number of aryl methyl sites for hydroxylation is 2. The van der Waals surface area contributed by atoms with Gasteiger partial charge in [-0.3, -0.25) is 4.98 Å². The van der Waals surface area contributed by atoms with Crippen LogP contribution in [0.3, 0.4) is 0 Å². The summed E-state index contributed by atoms with van der Waals surface area (Å²) in [4.78, 5) is 8.36. The Morgan fingerprint density at radius 2 is 2.27 bits per heavy atom. The molecule has 0 fully saturated rings. The Morgan fingerprint density at radius 1 is 1.55 bits per heavy atom. The van der Waals surface area contributed by atoms with Gasteiger partial charge in [0.1, 0.15) is 0 Å². The van der Waals surface area contributed by atoms with Gasteiger partial charge in [0.2, 0.25) is 5.88 Å². The van der Waals surface area contributed by atoms with Gasteiger partial charge < -0.3 is 4.74 Å². The van der Waals surface area contributed by atoms with Crippen molar-refractivity contribution in [1.29, 1.82) is 0 Å². The smallest absolute Gasteiger partial charge is 0.235 e. The Balaban J connectivity index is 3.02. The number of rotatable bonds is 2. The first-order valence-corrected chi connectivity index (χ1v) is 3.64. The first kappa shape index (κ1) is 7.98. The molecule has 0 N–H and O–H groups in total. The molecule has 0 aliphatic carbocycles. The second-order valence-corrected chi connectivity index (χ2v) is 2.31. The van der Waals surface area contributed by atoms with Crippen molar-refractivity contribution in [3.05, 3.63) is 17.6 Å². The highest BCUT2D eigenvalue weighted by molar-refractivity contribution is 5.18. The van der Waals surface area contributed by atoms with Gasteiger partial charge in [-0.25, -0.2) is 4.98 Å². The third-order valence-corrected chi connectivity index (χ3v) is 1.52. The first-order valence-electron chi connectivity index (χ1n) is 3.64. The van der Waals surface area contributed by atoms with Crippen LogP contribution in [-0.4, -0.2) is 17.1 Å². The number of aromatic nitrogens is 2. The van der Waals surface area contributed by atoms with E-state index >= 15 is 0 Å². The van der Waals surface area contributed by atoms with Crippen LogP contribution in [-0.2, 0) is 6.42 Å². The molecule has 0 spiro atoms. The lowest BCUT2D eigenvalue weighted by molar-refractivity contribution is 0.390. The fourth-order valence-corrected chi connectivity index (χ4v) is 0.830. The van der Waals surface area contributed by atoms with Crippen LogP contribution in [0.5, 0.6) is 5.88 Å². The minimum absolute atomic E-state index is 0.629. The van der Waals surface area contributed by atoms with Crippen molar-refractivity contribution in [3.63, 3.8) is 0 Å². The quantitative estimate of drug-likeness (QED) is 0.641. The fourth-order valence-electron chi connectivity index (χ4n) is 0.830. The van der Waals surface area contributed by atoms with E-state index in [1.807, 2.05) is 13.8 Å². The van der Waals surface area contributed by atoms with Gasteiger partial charge in [-0.15, -0.1) is 0 Å². The summed E-state index contributed by atoms with van der Waals surface area (Å²) in [5, 5.41) is 0. The van der Waals surface area contributed by atoms with Crippen LogP contribution in [0, 0.1) is 6.92 Å². The maximum absolute atomic E-state index is 5.01. The number of hydrogen-bond donors (Lipinski definition) is 0. The Morgan fingerprint density at radius 3 is 2.82 bits per heavy atom. The van der Waals surface area contributed by atoms with Crippen LogP contribution in [0.1, 0.15) is 18.3 Å². The molecular weight excluding hydrogens is 140 g/mol. The molecule has 3 heteroatoms. The van der Waals surface area contributed by atoms with E-state index in [4.69, 9.17) is 4.74 Å². The highest BCUT2D eigenvalue weighted by Crippen LogP contribution is 2.10. The van der Waals surface area contributed by atoms with Crippen molar-refractivity contribution in [1.82, 2.24) is 9.97 Å². The summed E-state index contributed by atoms with van der Waals surface area (Å²) in [5.41, 5.74) is 1.80. The molecule has 1 aromatic rings. The standard InChI is InChI=1S/C8H12N2O/c1-4-7-5-9-6(2)8(10-7)11-3/h5H,4H2,1-3H3. The average Bonchev–Trinajstić information content (AvgIpc) is 2.05. The maximum Gasteiger partial charge on any atom is 0.235 e. The fraction of sp³-hybridized carbons (Fsp3) is 0.500. The zero-order valence-corrected chi connectivity index (χ0v) is 7.09. The Hall–Kier alpha value is -1.12. The van der Waals surface area contributed by atoms with Crippen LogP contribution >= 0.6 is 0 Å². The first-order chi connectivity index (χ1) is 5.27. The van der Waals surface area contributed by atoms with Gasteiger partial charge in [0.25, 0.3) is 0 Å². The van der Waals surface area contributed by atoms with Gasteiger partial charge in [-0.05, 0) is 13.3 Å². The molecule has 0 radical (unpaired) electrons. The van der Waals surface area contributed by atoms with Gasteiger partial charge in [-0.1, -0.05) is 6.92 Å². The van der Waals surface area contributed by atoms with E-state index in [-0.39, 0.29) is 0 Å². The van der Waals surface area contributed by atoms with E-state index < -0.39 is 0 Å². The normalized spacial score (nSPS) is 9.73. The number of ether oxygens (including phenoxy) is 1. The minimum Gasteiger partial charge on any atom is -0.480 e. The Kier molecular flexibility index (Phi) is 2.41. The molecule has 3 nitrogen and oxygen atoms in total. The molecule has 0 unspecified atom stereocenters. The van der Waals surface area contributed by atoms with Crippen LogP contribution in [0.25, 0.3) is 0 Å². The van der Waals surface area contributed by atoms with E-state index in [0.717, 1.165) is 17.8 Å². The third-order valence-electron chi connectivity index (χ3n) is 1.52. The van der Waals surface area contributed by atoms with Crippen molar-refractivity contribution in [3.8, 4) is 5.88 Å². The zero-order valence-electron chi connectivity index (χ0n) is 7.09. The maximum atomic E-state index is 5.01. The second kappa shape index (κ2) is 3.32. The molecule has 0 atom stereocenters. The van der Waals surface area contributed by atoms with E-state index in [1.54, 1.807) is 13.3 Å². The largest absolute Gasteiger partial charge is 0.480 e. The van der Waals surface area contributed by atoms with E-state index in [1.165, 1.54) is 0 Å². The molecule has 0 aliphatic heterocycles. The SMILES string of the molecule is CCc1cnc(C)c(OC)n1. The molecule has 1 aromatic heterocycles. The van der Waals surface area contributed by atoms with Gasteiger partial charge in [-0.2, -0.15) is 0 Å². The molecule has 1 rings (SSSR count). The Labute approximate surface area is 66.4 Å². The molecule has 1 heterocycles. The summed E-state index contributed by atoms with van der Waals surface area (Å²) in [5.74, 6) is 0.629. The van der Waals surface area contributed by atoms with Crippen LogP contribution < -0.4 is 4.74 Å². The molecular formula is C8H12N2O. The van der Waals surface area contributed by atoms with Crippen molar-refractivity contribution in [2.45, 2.75) is 20.3 Å². The van der Waals surface area contributed by atoms with Gasteiger partial charge >= 0.3 is 0 Å². The third kappa shape index (κ3) is 1.67. The van der Waals surface area contributed by atoms with E-state index in [2.05, 4.69) is 9.97 Å². The van der Waals surface area contributed by atoms with Gasteiger partial charge in [0.05, 0.1) is 18.5 Å². The molecule has 0 aliphatic rings.